The second-order valence-electron chi connectivity index (χ2n) is 5.03. The Morgan fingerprint density at radius 2 is 1.28 bits per heavy atom. The van der Waals surface area contributed by atoms with Gasteiger partial charge < -0.3 is 5.32 Å². The Morgan fingerprint density at radius 1 is 0.722 bits per heavy atom. The molecule has 0 aliphatic carbocycles. The molecule has 0 unspecified atom stereocenters. The standard InChI is InChI=1S/C17H19N/c1-3-7-14(8-4-1)16-11-12-18-13-17(16)15-9-5-2-6-10-15/h1-10,16-18H,11-13H2/t16-,17-/m0/s1. The molecule has 0 amide bonds. The topological polar surface area (TPSA) is 12.0 Å². The zero-order valence-corrected chi connectivity index (χ0v) is 10.5. The van der Waals surface area contributed by atoms with Gasteiger partial charge in [-0.2, -0.15) is 0 Å². The third-order valence-electron chi connectivity index (χ3n) is 3.94. The molecule has 0 saturated carbocycles. The summed E-state index contributed by atoms with van der Waals surface area (Å²) in [5.41, 5.74) is 2.94. The molecular formula is C17H19N. The second-order valence-corrected chi connectivity index (χ2v) is 5.03. The molecule has 92 valence electrons. The fraction of sp³-hybridized carbons (Fsp3) is 0.294. The average Bonchev–Trinajstić information content (AvgIpc) is 2.49. The van der Waals surface area contributed by atoms with E-state index in [0.717, 1.165) is 13.1 Å². The van der Waals surface area contributed by atoms with E-state index >= 15 is 0 Å². The van der Waals surface area contributed by atoms with Crippen LogP contribution in [0.1, 0.15) is 29.4 Å². The van der Waals surface area contributed by atoms with Crippen molar-refractivity contribution in [3.63, 3.8) is 0 Å². The fourth-order valence-corrected chi connectivity index (χ4v) is 3.01. The van der Waals surface area contributed by atoms with E-state index < -0.39 is 0 Å². The van der Waals surface area contributed by atoms with E-state index in [9.17, 15) is 0 Å². The highest BCUT2D eigenvalue weighted by Gasteiger charge is 2.27. The molecule has 1 heteroatoms. The van der Waals surface area contributed by atoms with Crippen LogP contribution in [0.3, 0.4) is 0 Å². The van der Waals surface area contributed by atoms with Crippen LogP contribution in [-0.2, 0) is 0 Å². The van der Waals surface area contributed by atoms with E-state index in [-0.39, 0.29) is 0 Å². The summed E-state index contributed by atoms with van der Waals surface area (Å²) in [5, 5.41) is 3.53. The maximum absolute atomic E-state index is 3.53. The first-order valence-corrected chi connectivity index (χ1v) is 6.76. The van der Waals surface area contributed by atoms with Crippen molar-refractivity contribution in [2.75, 3.05) is 13.1 Å². The summed E-state index contributed by atoms with van der Waals surface area (Å²) in [6.07, 6.45) is 1.23. The molecule has 0 radical (unpaired) electrons. The summed E-state index contributed by atoms with van der Waals surface area (Å²) in [4.78, 5) is 0. The molecule has 3 rings (SSSR count). The number of rotatable bonds is 2. The predicted octanol–water partition coefficient (Wildman–Crippen LogP) is 3.55. The van der Waals surface area contributed by atoms with Crippen LogP contribution >= 0.6 is 0 Å². The third-order valence-corrected chi connectivity index (χ3v) is 3.94. The van der Waals surface area contributed by atoms with E-state index in [1.54, 1.807) is 0 Å². The normalized spacial score (nSPS) is 23.8. The first-order valence-electron chi connectivity index (χ1n) is 6.76. The van der Waals surface area contributed by atoms with Gasteiger partial charge in [0.15, 0.2) is 0 Å². The van der Waals surface area contributed by atoms with Gasteiger partial charge in [0, 0.05) is 12.5 Å². The Labute approximate surface area is 109 Å². The van der Waals surface area contributed by atoms with Gasteiger partial charge in [0.2, 0.25) is 0 Å². The Hall–Kier alpha value is -1.60. The van der Waals surface area contributed by atoms with Crippen molar-refractivity contribution in [1.29, 1.82) is 0 Å². The summed E-state index contributed by atoms with van der Waals surface area (Å²) in [7, 11) is 0. The van der Waals surface area contributed by atoms with Gasteiger partial charge in [-0.3, -0.25) is 0 Å². The maximum atomic E-state index is 3.53. The van der Waals surface area contributed by atoms with Gasteiger partial charge in [-0.1, -0.05) is 60.7 Å². The first-order chi connectivity index (χ1) is 8.95. The summed E-state index contributed by atoms with van der Waals surface area (Å²) in [5.74, 6) is 1.25. The molecule has 1 aliphatic heterocycles. The number of hydrogen-bond donors (Lipinski definition) is 1. The largest absolute Gasteiger partial charge is 0.316 e. The zero-order chi connectivity index (χ0) is 12.2. The van der Waals surface area contributed by atoms with Crippen LogP contribution in [0, 0.1) is 0 Å². The maximum Gasteiger partial charge on any atom is 0.00326 e. The quantitative estimate of drug-likeness (QED) is 0.842. The molecule has 1 N–H and O–H groups in total. The molecule has 2 aromatic carbocycles. The van der Waals surface area contributed by atoms with Gasteiger partial charge in [0.25, 0.3) is 0 Å². The lowest BCUT2D eigenvalue weighted by Gasteiger charge is -2.33. The average molecular weight is 237 g/mol. The summed E-state index contributed by atoms with van der Waals surface area (Å²) < 4.78 is 0. The minimum Gasteiger partial charge on any atom is -0.316 e. The Balaban J connectivity index is 1.92. The van der Waals surface area contributed by atoms with Crippen molar-refractivity contribution in [2.45, 2.75) is 18.3 Å². The molecule has 18 heavy (non-hydrogen) atoms. The van der Waals surface area contributed by atoms with E-state index in [1.807, 2.05) is 0 Å². The van der Waals surface area contributed by atoms with Crippen LogP contribution in [0.15, 0.2) is 60.7 Å². The third kappa shape index (κ3) is 2.32. The fourth-order valence-electron chi connectivity index (χ4n) is 3.01. The lowest BCUT2D eigenvalue weighted by molar-refractivity contribution is 0.404. The number of nitrogens with one attached hydrogen (secondary N) is 1. The van der Waals surface area contributed by atoms with Gasteiger partial charge in [0.1, 0.15) is 0 Å². The molecule has 1 heterocycles. The smallest absolute Gasteiger partial charge is 0.00326 e. The predicted molar refractivity (Wildman–Crippen MR) is 75.9 cm³/mol. The number of benzene rings is 2. The van der Waals surface area contributed by atoms with Crippen molar-refractivity contribution < 1.29 is 0 Å². The number of piperidine rings is 1. The van der Waals surface area contributed by atoms with Crippen molar-refractivity contribution in [3.8, 4) is 0 Å². The van der Waals surface area contributed by atoms with Gasteiger partial charge >= 0.3 is 0 Å². The SMILES string of the molecule is c1ccc([C@@H]2CCNC[C@H]2c2ccccc2)cc1. The molecule has 0 spiro atoms. The van der Waals surface area contributed by atoms with Gasteiger partial charge in [-0.25, -0.2) is 0 Å². The van der Waals surface area contributed by atoms with E-state index in [4.69, 9.17) is 0 Å². The summed E-state index contributed by atoms with van der Waals surface area (Å²) >= 11 is 0. The molecule has 0 aromatic heterocycles. The lowest BCUT2D eigenvalue weighted by atomic mass is 9.77. The van der Waals surface area contributed by atoms with Crippen molar-refractivity contribution in [3.05, 3.63) is 71.8 Å². The zero-order valence-electron chi connectivity index (χ0n) is 10.5. The van der Waals surface area contributed by atoms with Crippen molar-refractivity contribution in [2.24, 2.45) is 0 Å². The van der Waals surface area contributed by atoms with Crippen LogP contribution in [0.5, 0.6) is 0 Å². The highest BCUT2D eigenvalue weighted by atomic mass is 14.9. The minimum absolute atomic E-state index is 0.599. The highest BCUT2D eigenvalue weighted by molar-refractivity contribution is 5.29. The van der Waals surface area contributed by atoms with Crippen LogP contribution in [0.4, 0.5) is 0 Å². The lowest BCUT2D eigenvalue weighted by Crippen LogP contribution is -2.33. The summed E-state index contributed by atoms with van der Waals surface area (Å²) in [6, 6.07) is 21.8. The van der Waals surface area contributed by atoms with Crippen molar-refractivity contribution >= 4 is 0 Å². The van der Waals surface area contributed by atoms with Gasteiger partial charge in [0.05, 0.1) is 0 Å². The molecule has 0 bridgehead atoms. The van der Waals surface area contributed by atoms with E-state index in [1.165, 1.54) is 17.5 Å². The van der Waals surface area contributed by atoms with E-state index in [2.05, 4.69) is 66.0 Å². The molecule has 1 aliphatic rings. The second kappa shape index (κ2) is 5.36. The molecule has 2 aromatic rings. The van der Waals surface area contributed by atoms with Crippen LogP contribution in [0.25, 0.3) is 0 Å². The van der Waals surface area contributed by atoms with Crippen LogP contribution in [0.2, 0.25) is 0 Å². The molecule has 1 saturated heterocycles. The molecule has 2 atom stereocenters. The Bertz CT molecular complexity index is 430. The monoisotopic (exact) mass is 237 g/mol. The van der Waals surface area contributed by atoms with E-state index in [0.29, 0.717) is 11.8 Å². The molecule has 1 fully saturated rings. The van der Waals surface area contributed by atoms with Gasteiger partial charge in [-0.05, 0) is 30.0 Å². The Morgan fingerprint density at radius 3 is 1.89 bits per heavy atom. The highest BCUT2D eigenvalue weighted by Crippen LogP contribution is 2.36. The summed E-state index contributed by atoms with van der Waals surface area (Å²) in [6.45, 7) is 2.21. The minimum atomic E-state index is 0.599. The molecular weight excluding hydrogens is 218 g/mol. The molecule has 1 nitrogen and oxygen atoms in total. The van der Waals surface area contributed by atoms with Crippen LogP contribution < -0.4 is 5.32 Å². The number of hydrogen-bond acceptors (Lipinski definition) is 1. The first kappa shape index (κ1) is 11.5. The van der Waals surface area contributed by atoms with Gasteiger partial charge in [-0.15, -0.1) is 0 Å². The Kier molecular flexibility index (Phi) is 3.42. The van der Waals surface area contributed by atoms with Crippen LogP contribution in [-0.4, -0.2) is 13.1 Å². The van der Waals surface area contributed by atoms with Crippen molar-refractivity contribution in [1.82, 2.24) is 5.32 Å².